The molecule has 0 saturated heterocycles. The minimum absolute atomic E-state index is 0.300. The quantitative estimate of drug-likeness (QED) is 0.674. The van der Waals surface area contributed by atoms with Crippen LogP contribution in [-0.2, 0) is 4.79 Å². The Kier molecular flexibility index (Phi) is 2.41. The van der Waals surface area contributed by atoms with Gasteiger partial charge in [-0.25, -0.2) is 0 Å². The van der Waals surface area contributed by atoms with E-state index in [4.69, 9.17) is 0 Å². The van der Waals surface area contributed by atoms with Crippen molar-refractivity contribution in [1.82, 2.24) is 0 Å². The van der Waals surface area contributed by atoms with Gasteiger partial charge in [0.05, 0.1) is 0 Å². The fraction of sp³-hybridized carbons (Fsp3) is 0.923. The molecule has 0 heterocycles. The molecule has 3 atom stereocenters. The van der Waals surface area contributed by atoms with Crippen molar-refractivity contribution < 1.29 is 4.79 Å². The molecule has 3 aliphatic rings. The predicted molar refractivity (Wildman–Crippen MR) is 66.7 cm³/mol. The molecule has 3 saturated carbocycles. The maximum absolute atomic E-state index is 12.1. The van der Waals surface area contributed by atoms with Crippen molar-refractivity contribution in [3.63, 3.8) is 0 Å². The van der Waals surface area contributed by atoms with E-state index in [1.54, 1.807) is 0 Å². The predicted octanol–water partition coefficient (Wildman–Crippen LogP) is 3.72. The summed E-state index contributed by atoms with van der Waals surface area (Å²) < 4.78 is 0.407. The molecular weight excluding hydrogens is 291 g/mol. The topological polar surface area (TPSA) is 17.1 Å². The van der Waals surface area contributed by atoms with Crippen molar-refractivity contribution in [1.29, 1.82) is 0 Å². The van der Waals surface area contributed by atoms with E-state index in [1.165, 1.54) is 6.42 Å². The second-order valence-corrected chi connectivity index (χ2v) is 23.6. The number of fused-ring (bicyclic) bond motifs is 2. The van der Waals surface area contributed by atoms with Crippen LogP contribution in [0.3, 0.4) is 0 Å². The van der Waals surface area contributed by atoms with Crippen LogP contribution >= 0.6 is 0 Å². The monoisotopic (exact) mass is 316 g/mol. The molecule has 86 valence electrons. The molecule has 0 aliphatic heterocycles. The molecule has 0 N–H and O–H groups in total. The first-order chi connectivity index (χ1) is 6.61. The van der Waals surface area contributed by atoms with E-state index in [2.05, 4.69) is 35.6 Å². The Morgan fingerprint density at radius 1 is 1.20 bits per heavy atom. The van der Waals surface area contributed by atoms with E-state index in [9.17, 15) is 4.79 Å². The third kappa shape index (κ3) is 1.37. The molecule has 15 heavy (non-hydrogen) atoms. The van der Waals surface area contributed by atoms with Crippen LogP contribution in [0.4, 0.5) is 0 Å². The van der Waals surface area contributed by atoms with Crippen molar-refractivity contribution in [2.75, 3.05) is 0 Å². The van der Waals surface area contributed by atoms with Gasteiger partial charge in [0.2, 0.25) is 0 Å². The number of carbonyl (C=O) groups excluding carboxylic acids is 1. The zero-order chi connectivity index (χ0) is 11.6. The molecule has 0 unspecified atom stereocenters. The minimum atomic E-state index is -2.02. The molecular formula is C13H24OSn. The first-order valence-corrected chi connectivity index (χ1v) is 16.1. The summed E-state index contributed by atoms with van der Waals surface area (Å²) in [6.07, 6.45) is 2.09. The first-order valence-electron chi connectivity index (χ1n) is 6.13. The average Bonchev–Trinajstić information content (AvgIpc) is 1.99. The first kappa shape index (κ1) is 11.9. The van der Waals surface area contributed by atoms with Gasteiger partial charge in [-0.1, -0.05) is 0 Å². The summed E-state index contributed by atoms with van der Waals surface area (Å²) >= 11 is -2.02. The molecule has 0 spiro atoms. The fourth-order valence-corrected chi connectivity index (χ4v) is 10.3. The zero-order valence-electron chi connectivity index (χ0n) is 11.0. The summed E-state index contributed by atoms with van der Waals surface area (Å²) in [5, 5.41) is 0. The molecule has 0 amide bonds. The standard InChI is InChI=1S/C10H15O.3CH3.Sn/c1-6-4-9(11)8-5-7(6)10(8,2)3;;;;/h7-8H,4-5H2,1-3H3;3*1H3;/t7-,8+;;;;/m1..../s1. The van der Waals surface area contributed by atoms with Crippen LogP contribution in [0.25, 0.3) is 0 Å². The van der Waals surface area contributed by atoms with Gasteiger partial charge in [0.15, 0.2) is 0 Å². The van der Waals surface area contributed by atoms with E-state index in [-0.39, 0.29) is 0 Å². The van der Waals surface area contributed by atoms with Gasteiger partial charge in [-0.05, 0) is 0 Å². The molecule has 0 aromatic carbocycles. The second-order valence-electron chi connectivity index (χ2n) is 7.47. The molecule has 0 radical (unpaired) electrons. The van der Waals surface area contributed by atoms with Crippen LogP contribution in [0.15, 0.2) is 0 Å². The van der Waals surface area contributed by atoms with Crippen LogP contribution in [0, 0.1) is 17.3 Å². The van der Waals surface area contributed by atoms with E-state index in [1.807, 2.05) is 0 Å². The van der Waals surface area contributed by atoms with E-state index < -0.39 is 18.4 Å². The summed E-state index contributed by atoms with van der Waals surface area (Å²) in [6, 6.07) is 0. The molecule has 3 fully saturated rings. The number of ketones is 1. The third-order valence-electron chi connectivity index (χ3n) is 5.68. The van der Waals surface area contributed by atoms with Crippen LogP contribution in [0.5, 0.6) is 0 Å². The number of hydrogen-bond donors (Lipinski definition) is 0. The average molecular weight is 315 g/mol. The van der Waals surface area contributed by atoms with Gasteiger partial charge < -0.3 is 0 Å². The van der Waals surface area contributed by atoms with Gasteiger partial charge in [0.1, 0.15) is 0 Å². The van der Waals surface area contributed by atoms with Crippen molar-refractivity contribution in [2.45, 2.75) is 51.9 Å². The fourth-order valence-electron chi connectivity index (χ4n) is 3.95. The SMILES string of the molecule is CC1(C)[C@H]2C[C@@H]1[C@](C)([Sn]([CH3])([CH3])[CH3])CC2=O. The third-order valence-corrected chi connectivity index (χ3v) is 17.0. The van der Waals surface area contributed by atoms with Gasteiger partial charge in [-0.15, -0.1) is 0 Å². The van der Waals surface area contributed by atoms with Crippen molar-refractivity contribution >= 4 is 24.2 Å². The van der Waals surface area contributed by atoms with Crippen molar-refractivity contribution in [3.8, 4) is 0 Å². The molecule has 2 bridgehead atoms. The van der Waals surface area contributed by atoms with Gasteiger partial charge in [-0.2, -0.15) is 0 Å². The molecule has 3 rings (SSSR count). The summed E-state index contributed by atoms with van der Waals surface area (Å²) in [7, 11) is 0. The summed E-state index contributed by atoms with van der Waals surface area (Å²) in [4.78, 5) is 19.6. The number of rotatable bonds is 1. The Morgan fingerprint density at radius 2 is 1.73 bits per heavy atom. The molecule has 1 nitrogen and oxygen atoms in total. The normalized spacial score (nSPS) is 43.7. The van der Waals surface area contributed by atoms with Crippen LogP contribution in [0.2, 0.25) is 18.2 Å². The molecule has 2 heteroatoms. The Bertz CT molecular complexity index is 313. The maximum atomic E-state index is 12.1. The summed E-state index contributed by atoms with van der Waals surface area (Å²) in [5.74, 6) is 1.78. The Hall–Kier alpha value is 0.469. The van der Waals surface area contributed by atoms with Gasteiger partial charge in [0.25, 0.3) is 0 Å². The Morgan fingerprint density at radius 3 is 2.07 bits per heavy atom. The van der Waals surface area contributed by atoms with E-state index in [0.29, 0.717) is 20.5 Å². The number of carbonyl (C=O) groups is 1. The van der Waals surface area contributed by atoms with Crippen LogP contribution in [-0.4, -0.2) is 24.2 Å². The number of Topliss-reactive ketones (excluding diaryl/α,β-unsaturated/α-hetero) is 1. The van der Waals surface area contributed by atoms with E-state index >= 15 is 0 Å². The van der Waals surface area contributed by atoms with Crippen LogP contribution < -0.4 is 0 Å². The van der Waals surface area contributed by atoms with Gasteiger partial charge >= 0.3 is 98.1 Å². The second kappa shape index (κ2) is 3.02. The Balaban J connectivity index is 2.40. The summed E-state index contributed by atoms with van der Waals surface area (Å²) in [5.41, 5.74) is 0.300. The van der Waals surface area contributed by atoms with Gasteiger partial charge in [0, 0.05) is 0 Å². The number of hydrogen-bond acceptors (Lipinski definition) is 1. The molecule has 0 aromatic heterocycles. The Labute approximate surface area is 97.9 Å². The zero-order valence-corrected chi connectivity index (χ0v) is 13.8. The van der Waals surface area contributed by atoms with E-state index in [0.717, 1.165) is 12.3 Å². The summed E-state index contributed by atoms with van der Waals surface area (Å²) in [6.45, 7) is 7.06. The van der Waals surface area contributed by atoms with Crippen molar-refractivity contribution in [2.24, 2.45) is 17.3 Å². The van der Waals surface area contributed by atoms with Gasteiger partial charge in [-0.3, -0.25) is 0 Å². The molecule has 0 aromatic rings. The molecule has 3 aliphatic carbocycles. The van der Waals surface area contributed by atoms with Crippen LogP contribution in [0.1, 0.15) is 33.6 Å². The van der Waals surface area contributed by atoms with Crippen molar-refractivity contribution in [3.05, 3.63) is 0 Å².